The van der Waals surface area contributed by atoms with Crippen molar-refractivity contribution in [1.82, 2.24) is 5.32 Å². The van der Waals surface area contributed by atoms with E-state index >= 15 is 0 Å². The fourth-order valence-corrected chi connectivity index (χ4v) is 2.34. The van der Waals surface area contributed by atoms with Crippen molar-refractivity contribution in [2.45, 2.75) is 6.92 Å². The van der Waals surface area contributed by atoms with E-state index in [1.165, 1.54) is 12.1 Å². The fraction of sp³-hybridized carbons (Fsp3) is 0.235. The Hall–Kier alpha value is -2.80. The first kappa shape index (κ1) is 18.5. The summed E-state index contributed by atoms with van der Waals surface area (Å²) < 4.78 is 5.33. The van der Waals surface area contributed by atoms with Gasteiger partial charge in [-0.3, -0.25) is 14.9 Å². The van der Waals surface area contributed by atoms with Crippen LogP contribution in [0.3, 0.4) is 0 Å². The lowest BCUT2D eigenvalue weighted by Crippen LogP contribution is -2.28. The first-order valence-electron chi connectivity index (χ1n) is 7.70. The van der Waals surface area contributed by atoms with E-state index < -0.39 is 4.92 Å². The SMILES string of the molecule is CCOc1ccc(C(=O)NCCNc2ccc([N+](=O)[O-])cc2)cc1Cl. The van der Waals surface area contributed by atoms with Crippen molar-refractivity contribution in [3.05, 3.63) is 63.2 Å². The molecule has 7 nitrogen and oxygen atoms in total. The van der Waals surface area contributed by atoms with Gasteiger partial charge >= 0.3 is 0 Å². The van der Waals surface area contributed by atoms with E-state index in [-0.39, 0.29) is 11.6 Å². The van der Waals surface area contributed by atoms with E-state index in [1.807, 2.05) is 6.92 Å². The first-order chi connectivity index (χ1) is 12.0. The Balaban J connectivity index is 1.80. The fourth-order valence-electron chi connectivity index (χ4n) is 2.10. The van der Waals surface area contributed by atoms with Crippen LogP contribution in [0, 0.1) is 10.1 Å². The molecule has 2 aromatic rings. The Bertz CT molecular complexity index is 750. The van der Waals surface area contributed by atoms with Crippen LogP contribution < -0.4 is 15.4 Å². The smallest absolute Gasteiger partial charge is 0.269 e. The number of rotatable bonds is 8. The first-order valence-corrected chi connectivity index (χ1v) is 8.08. The number of nitro benzene ring substituents is 1. The molecule has 8 heteroatoms. The maximum absolute atomic E-state index is 12.1. The van der Waals surface area contributed by atoms with E-state index in [0.29, 0.717) is 36.0 Å². The number of anilines is 1. The highest BCUT2D eigenvalue weighted by atomic mass is 35.5. The van der Waals surface area contributed by atoms with Crippen molar-refractivity contribution in [1.29, 1.82) is 0 Å². The quantitative estimate of drug-likeness (QED) is 0.425. The Labute approximate surface area is 150 Å². The molecule has 0 atom stereocenters. The van der Waals surface area contributed by atoms with Crippen molar-refractivity contribution in [3.8, 4) is 5.75 Å². The number of halogens is 1. The van der Waals surface area contributed by atoms with Crippen LogP contribution in [-0.4, -0.2) is 30.5 Å². The van der Waals surface area contributed by atoms with Gasteiger partial charge in [-0.15, -0.1) is 0 Å². The molecule has 0 bridgehead atoms. The van der Waals surface area contributed by atoms with Crippen LogP contribution in [0.25, 0.3) is 0 Å². The van der Waals surface area contributed by atoms with Crippen LogP contribution in [0.1, 0.15) is 17.3 Å². The Morgan fingerprint density at radius 1 is 1.20 bits per heavy atom. The summed E-state index contributed by atoms with van der Waals surface area (Å²) in [7, 11) is 0. The second-order valence-electron chi connectivity index (χ2n) is 5.06. The highest BCUT2D eigenvalue weighted by Crippen LogP contribution is 2.25. The molecular formula is C17H18ClN3O4. The molecule has 0 aliphatic rings. The zero-order chi connectivity index (χ0) is 18.2. The van der Waals surface area contributed by atoms with Crippen LogP contribution in [0.4, 0.5) is 11.4 Å². The lowest BCUT2D eigenvalue weighted by Gasteiger charge is -2.10. The number of benzene rings is 2. The summed E-state index contributed by atoms with van der Waals surface area (Å²) in [6.07, 6.45) is 0. The molecule has 25 heavy (non-hydrogen) atoms. The predicted molar refractivity (Wildman–Crippen MR) is 96.5 cm³/mol. The van der Waals surface area contributed by atoms with E-state index in [2.05, 4.69) is 10.6 Å². The second-order valence-corrected chi connectivity index (χ2v) is 5.47. The maximum Gasteiger partial charge on any atom is 0.269 e. The molecule has 1 amide bonds. The van der Waals surface area contributed by atoms with Crippen LogP contribution in [0.15, 0.2) is 42.5 Å². The molecule has 132 valence electrons. The van der Waals surface area contributed by atoms with Crippen molar-refractivity contribution in [2.75, 3.05) is 25.0 Å². The molecule has 0 fully saturated rings. The number of ether oxygens (including phenoxy) is 1. The zero-order valence-corrected chi connectivity index (χ0v) is 14.4. The predicted octanol–water partition coefficient (Wildman–Crippen LogP) is 3.49. The third-order valence-corrected chi connectivity index (χ3v) is 3.61. The number of nitrogens with zero attached hydrogens (tertiary/aromatic N) is 1. The number of nitrogens with one attached hydrogen (secondary N) is 2. The summed E-state index contributed by atoms with van der Waals surface area (Å²) >= 11 is 6.06. The van der Waals surface area contributed by atoms with Gasteiger partial charge in [0.2, 0.25) is 0 Å². The minimum atomic E-state index is -0.452. The van der Waals surface area contributed by atoms with Gasteiger partial charge in [0, 0.05) is 36.5 Å². The van der Waals surface area contributed by atoms with Gasteiger partial charge in [0.1, 0.15) is 5.75 Å². The summed E-state index contributed by atoms with van der Waals surface area (Å²) in [5.41, 5.74) is 1.22. The molecule has 0 aliphatic heterocycles. The molecule has 0 aromatic heterocycles. The summed E-state index contributed by atoms with van der Waals surface area (Å²) in [6, 6.07) is 10.9. The van der Waals surface area contributed by atoms with Crippen molar-refractivity contribution < 1.29 is 14.5 Å². The molecule has 0 unspecified atom stereocenters. The van der Waals surface area contributed by atoms with Crippen LogP contribution in [-0.2, 0) is 0 Å². The molecule has 0 saturated heterocycles. The van der Waals surface area contributed by atoms with E-state index in [0.717, 1.165) is 5.69 Å². The summed E-state index contributed by atoms with van der Waals surface area (Å²) in [4.78, 5) is 22.2. The molecule has 0 heterocycles. The largest absolute Gasteiger partial charge is 0.492 e. The number of non-ortho nitro benzene ring substituents is 1. The van der Waals surface area contributed by atoms with E-state index in [9.17, 15) is 14.9 Å². The number of nitro groups is 1. The highest BCUT2D eigenvalue weighted by Gasteiger charge is 2.09. The lowest BCUT2D eigenvalue weighted by molar-refractivity contribution is -0.384. The van der Waals surface area contributed by atoms with Crippen LogP contribution in [0.2, 0.25) is 5.02 Å². The molecule has 2 N–H and O–H groups in total. The highest BCUT2D eigenvalue weighted by molar-refractivity contribution is 6.32. The molecule has 0 radical (unpaired) electrons. The molecule has 0 saturated carbocycles. The maximum atomic E-state index is 12.1. The van der Waals surface area contributed by atoms with Gasteiger partial charge < -0.3 is 15.4 Å². The Morgan fingerprint density at radius 3 is 2.52 bits per heavy atom. The van der Waals surface area contributed by atoms with Gasteiger partial charge in [-0.05, 0) is 37.3 Å². The molecule has 0 aliphatic carbocycles. The van der Waals surface area contributed by atoms with E-state index in [1.54, 1.807) is 30.3 Å². The number of amides is 1. The van der Waals surface area contributed by atoms with Crippen molar-refractivity contribution in [3.63, 3.8) is 0 Å². The standard InChI is InChI=1S/C17H18ClN3O4/c1-2-25-16-8-3-12(11-15(16)18)17(22)20-10-9-19-13-4-6-14(7-5-13)21(23)24/h3-8,11,19H,2,9-10H2,1H3,(H,20,22). The summed E-state index contributed by atoms with van der Waals surface area (Å²) in [5, 5.41) is 16.8. The lowest BCUT2D eigenvalue weighted by atomic mass is 10.2. The minimum Gasteiger partial charge on any atom is -0.492 e. The number of hydrogen-bond donors (Lipinski definition) is 2. The van der Waals surface area contributed by atoms with Gasteiger partial charge in [0.05, 0.1) is 16.6 Å². The van der Waals surface area contributed by atoms with Gasteiger partial charge in [0.15, 0.2) is 0 Å². The molecule has 0 spiro atoms. The Morgan fingerprint density at radius 2 is 1.92 bits per heavy atom. The van der Waals surface area contributed by atoms with Crippen LogP contribution in [0.5, 0.6) is 5.75 Å². The Kier molecular flexibility index (Phi) is 6.59. The topological polar surface area (TPSA) is 93.5 Å². The minimum absolute atomic E-state index is 0.0335. The summed E-state index contributed by atoms with van der Waals surface area (Å²) in [5.74, 6) is 0.302. The molecular weight excluding hydrogens is 346 g/mol. The van der Waals surface area contributed by atoms with Crippen molar-refractivity contribution in [2.24, 2.45) is 0 Å². The monoisotopic (exact) mass is 363 g/mol. The van der Waals surface area contributed by atoms with Gasteiger partial charge in [0.25, 0.3) is 11.6 Å². The molecule has 2 aromatic carbocycles. The zero-order valence-electron chi connectivity index (χ0n) is 13.6. The normalized spacial score (nSPS) is 10.2. The van der Waals surface area contributed by atoms with Crippen molar-refractivity contribution >= 4 is 28.9 Å². The number of hydrogen-bond acceptors (Lipinski definition) is 5. The third-order valence-electron chi connectivity index (χ3n) is 3.31. The number of carbonyl (C=O) groups is 1. The number of carbonyl (C=O) groups excluding carboxylic acids is 1. The van der Waals surface area contributed by atoms with E-state index in [4.69, 9.17) is 16.3 Å². The third kappa shape index (κ3) is 5.36. The van der Waals surface area contributed by atoms with Gasteiger partial charge in [-0.2, -0.15) is 0 Å². The van der Waals surface area contributed by atoms with Gasteiger partial charge in [-0.1, -0.05) is 11.6 Å². The average molecular weight is 364 g/mol. The van der Waals surface area contributed by atoms with Gasteiger partial charge in [-0.25, -0.2) is 0 Å². The second kappa shape index (κ2) is 8.89. The average Bonchev–Trinajstić information content (AvgIpc) is 2.60. The summed E-state index contributed by atoms with van der Waals surface area (Å²) in [6.45, 7) is 3.23. The molecule has 2 rings (SSSR count). The van der Waals surface area contributed by atoms with Crippen LogP contribution >= 0.6 is 11.6 Å².